The van der Waals surface area contributed by atoms with Crippen molar-refractivity contribution in [3.63, 3.8) is 0 Å². The molecule has 3 aromatic rings. The van der Waals surface area contributed by atoms with Gasteiger partial charge in [-0.05, 0) is 41.5 Å². The summed E-state index contributed by atoms with van der Waals surface area (Å²) in [5.74, 6) is 0.280. The van der Waals surface area contributed by atoms with Gasteiger partial charge in [-0.3, -0.25) is 4.90 Å². The van der Waals surface area contributed by atoms with Crippen molar-refractivity contribution in [3.05, 3.63) is 100 Å². The van der Waals surface area contributed by atoms with Gasteiger partial charge in [-0.15, -0.1) is 0 Å². The first-order valence-corrected chi connectivity index (χ1v) is 11.1. The maximum atomic E-state index is 13.3. The smallest absolute Gasteiger partial charge is 0.138 e. The molecule has 1 fully saturated rings. The number of rotatable bonds is 6. The number of hydrogen-bond acceptors (Lipinski definition) is 3. The van der Waals surface area contributed by atoms with E-state index in [1.165, 1.54) is 17.7 Å². The highest BCUT2D eigenvalue weighted by Gasteiger charge is 2.20. The fourth-order valence-corrected chi connectivity index (χ4v) is 4.22. The van der Waals surface area contributed by atoms with Crippen LogP contribution in [0.3, 0.4) is 0 Å². The quantitative estimate of drug-likeness (QED) is 0.453. The first-order chi connectivity index (χ1) is 15.1. The number of benzene rings is 3. The molecule has 3 aromatic carbocycles. The Kier molecular flexibility index (Phi) is 7.17. The van der Waals surface area contributed by atoms with E-state index in [2.05, 4.69) is 34.1 Å². The molecule has 1 aliphatic heterocycles. The number of piperazine rings is 1. The lowest BCUT2D eigenvalue weighted by molar-refractivity contribution is 0.177. The normalized spacial score (nSPS) is 14.5. The Morgan fingerprint density at radius 3 is 2.35 bits per heavy atom. The topological polar surface area (TPSA) is 15.7 Å². The molecule has 4 rings (SSSR count). The Morgan fingerprint density at radius 2 is 1.65 bits per heavy atom. The Hall–Kier alpha value is -2.47. The van der Waals surface area contributed by atoms with Gasteiger partial charge in [0, 0.05) is 38.3 Å². The number of nitrogens with zero attached hydrogens (tertiary/aromatic N) is 2. The van der Waals surface area contributed by atoms with Gasteiger partial charge in [-0.2, -0.15) is 0 Å². The van der Waals surface area contributed by atoms with Gasteiger partial charge in [0.25, 0.3) is 0 Å². The number of halogens is 2. The Bertz CT molecular complexity index is 1040. The minimum absolute atomic E-state index is 0.255. The van der Waals surface area contributed by atoms with Crippen molar-refractivity contribution >= 4 is 28.8 Å². The van der Waals surface area contributed by atoms with E-state index in [-0.39, 0.29) is 12.4 Å². The van der Waals surface area contributed by atoms with Crippen molar-refractivity contribution in [3.8, 4) is 5.75 Å². The lowest BCUT2D eigenvalue weighted by Gasteiger charge is -2.36. The number of thiocarbonyl (C=S) groups is 1. The monoisotopic (exact) mass is 454 g/mol. The average molecular weight is 455 g/mol. The summed E-state index contributed by atoms with van der Waals surface area (Å²) in [5.41, 5.74) is 3.00. The van der Waals surface area contributed by atoms with E-state index in [9.17, 15) is 4.39 Å². The Morgan fingerprint density at radius 1 is 0.903 bits per heavy atom. The molecule has 6 heteroatoms. The molecule has 0 atom stereocenters. The zero-order valence-electron chi connectivity index (χ0n) is 17.1. The van der Waals surface area contributed by atoms with Crippen LogP contribution < -0.4 is 4.74 Å². The van der Waals surface area contributed by atoms with Crippen LogP contribution >= 0.6 is 23.8 Å². The Labute approximate surface area is 193 Å². The van der Waals surface area contributed by atoms with Crippen molar-refractivity contribution in [2.24, 2.45) is 0 Å². The van der Waals surface area contributed by atoms with Crippen LogP contribution in [0, 0.1) is 5.82 Å². The summed E-state index contributed by atoms with van der Waals surface area (Å²) in [4.78, 5) is 5.48. The summed E-state index contributed by atoms with van der Waals surface area (Å²) in [5, 5.41) is 0.499. The maximum absolute atomic E-state index is 13.3. The van der Waals surface area contributed by atoms with Gasteiger partial charge < -0.3 is 9.64 Å². The minimum atomic E-state index is -0.281. The third kappa shape index (κ3) is 5.82. The molecule has 0 amide bonds. The highest BCUT2D eigenvalue weighted by Crippen LogP contribution is 2.27. The van der Waals surface area contributed by atoms with Gasteiger partial charge in [0.15, 0.2) is 0 Å². The molecule has 3 nitrogen and oxygen atoms in total. The zero-order chi connectivity index (χ0) is 21.6. The van der Waals surface area contributed by atoms with E-state index in [0.717, 1.165) is 48.8 Å². The number of ether oxygens (including phenoxy) is 1. The van der Waals surface area contributed by atoms with E-state index >= 15 is 0 Å². The fourth-order valence-electron chi connectivity index (χ4n) is 3.67. The van der Waals surface area contributed by atoms with Crippen molar-refractivity contribution in [1.82, 2.24) is 9.80 Å². The second-order valence-corrected chi connectivity index (χ2v) is 8.41. The van der Waals surface area contributed by atoms with Crippen LogP contribution in [0.4, 0.5) is 4.39 Å². The van der Waals surface area contributed by atoms with Gasteiger partial charge in [-0.25, -0.2) is 4.39 Å². The molecule has 0 saturated carbocycles. The highest BCUT2D eigenvalue weighted by molar-refractivity contribution is 7.80. The third-order valence-corrected chi connectivity index (χ3v) is 6.16. The molecular formula is C25H24ClFN2OS. The average Bonchev–Trinajstić information content (AvgIpc) is 2.79. The van der Waals surface area contributed by atoms with Crippen LogP contribution in [0.2, 0.25) is 5.02 Å². The van der Waals surface area contributed by atoms with Gasteiger partial charge in [0.1, 0.15) is 23.2 Å². The van der Waals surface area contributed by atoms with Crippen molar-refractivity contribution in [2.75, 3.05) is 26.2 Å². The predicted molar refractivity (Wildman–Crippen MR) is 127 cm³/mol. The molecule has 160 valence electrons. The van der Waals surface area contributed by atoms with Gasteiger partial charge in [0.2, 0.25) is 0 Å². The van der Waals surface area contributed by atoms with E-state index < -0.39 is 0 Å². The lowest BCUT2D eigenvalue weighted by atomic mass is 10.1. The molecule has 1 saturated heterocycles. The fraction of sp³-hybridized carbons (Fsp3) is 0.240. The first kappa shape index (κ1) is 21.8. The Balaban J connectivity index is 1.32. The summed E-state index contributed by atoms with van der Waals surface area (Å²) in [6, 6.07) is 22.5. The van der Waals surface area contributed by atoms with Crippen molar-refractivity contribution < 1.29 is 9.13 Å². The van der Waals surface area contributed by atoms with Crippen LogP contribution in [-0.2, 0) is 13.2 Å². The molecule has 0 N–H and O–H groups in total. The highest BCUT2D eigenvalue weighted by atomic mass is 35.5. The van der Waals surface area contributed by atoms with Gasteiger partial charge in [0.05, 0.1) is 5.02 Å². The molecule has 0 unspecified atom stereocenters. The molecule has 0 radical (unpaired) electrons. The summed E-state index contributed by atoms with van der Waals surface area (Å²) in [7, 11) is 0. The molecular weight excluding hydrogens is 431 g/mol. The zero-order valence-corrected chi connectivity index (χ0v) is 18.7. The van der Waals surface area contributed by atoms with Crippen LogP contribution in [-0.4, -0.2) is 41.0 Å². The van der Waals surface area contributed by atoms with Crippen molar-refractivity contribution in [2.45, 2.75) is 13.2 Å². The predicted octanol–water partition coefficient (Wildman–Crippen LogP) is 5.55. The van der Waals surface area contributed by atoms with E-state index in [4.69, 9.17) is 28.6 Å². The van der Waals surface area contributed by atoms with Crippen LogP contribution in [0.25, 0.3) is 0 Å². The second kappa shape index (κ2) is 10.2. The van der Waals surface area contributed by atoms with Crippen molar-refractivity contribution in [1.29, 1.82) is 0 Å². The van der Waals surface area contributed by atoms with E-state index in [1.54, 1.807) is 6.07 Å². The van der Waals surface area contributed by atoms with Crippen LogP contribution in [0.15, 0.2) is 72.8 Å². The molecule has 31 heavy (non-hydrogen) atoms. The summed E-state index contributed by atoms with van der Waals surface area (Å²) in [6.07, 6.45) is 0. The minimum Gasteiger partial charge on any atom is -0.487 e. The van der Waals surface area contributed by atoms with Crippen LogP contribution in [0.5, 0.6) is 5.75 Å². The first-order valence-electron chi connectivity index (χ1n) is 10.3. The molecule has 1 heterocycles. The molecule has 0 spiro atoms. The molecule has 0 aromatic heterocycles. The molecule has 0 bridgehead atoms. The SMILES string of the molecule is Fc1cccc(COc2ccc(C(=S)N3CCN(Cc4ccccc4)CC3)cc2Cl)c1. The molecule has 0 aliphatic carbocycles. The second-order valence-electron chi connectivity index (χ2n) is 7.62. The third-order valence-electron chi connectivity index (χ3n) is 5.37. The number of hydrogen-bond donors (Lipinski definition) is 0. The lowest BCUT2D eigenvalue weighted by Crippen LogP contribution is -2.48. The van der Waals surface area contributed by atoms with Crippen LogP contribution in [0.1, 0.15) is 16.7 Å². The summed E-state index contributed by atoms with van der Waals surface area (Å²) < 4.78 is 19.1. The summed E-state index contributed by atoms with van der Waals surface area (Å²) >= 11 is 12.2. The standard InChI is InChI=1S/C25H24ClFN2OS/c26-23-16-21(9-10-24(23)30-18-20-7-4-8-22(27)15-20)25(31)29-13-11-28(12-14-29)17-19-5-2-1-3-6-19/h1-10,15-16H,11-14,17-18H2. The maximum Gasteiger partial charge on any atom is 0.138 e. The van der Waals surface area contributed by atoms with E-state index in [1.807, 2.05) is 30.3 Å². The molecule has 1 aliphatic rings. The van der Waals surface area contributed by atoms with E-state index in [0.29, 0.717) is 10.8 Å². The van der Waals surface area contributed by atoms with Gasteiger partial charge >= 0.3 is 0 Å². The van der Waals surface area contributed by atoms with Gasteiger partial charge in [-0.1, -0.05) is 66.3 Å². The largest absolute Gasteiger partial charge is 0.487 e. The summed E-state index contributed by atoms with van der Waals surface area (Å²) in [6.45, 7) is 4.94.